The van der Waals surface area contributed by atoms with Crippen LogP contribution in [0.4, 0.5) is 0 Å². The van der Waals surface area contributed by atoms with Gasteiger partial charge in [-0.05, 0) is 17.5 Å². The van der Waals surface area contributed by atoms with Crippen LogP contribution in [0.1, 0.15) is 26.3 Å². The van der Waals surface area contributed by atoms with Gasteiger partial charge in [-0.2, -0.15) is 0 Å². The lowest BCUT2D eigenvalue weighted by molar-refractivity contribution is -0.134. The lowest BCUT2D eigenvalue weighted by atomic mass is 9.86. The molecule has 0 saturated carbocycles. The van der Waals surface area contributed by atoms with Crippen LogP contribution in [0.15, 0.2) is 34.2 Å². The van der Waals surface area contributed by atoms with Crippen molar-refractivity contribution in [3.05, 3.63) is 29.8 Å². The average molecular weight is 325 g/mol. The summed E-state index contributed by atoms with van der Waals surface area (Å²) in [5.74, 6) is -0.271. The Hall–Kier alpha value is -1.93. The number of hydrogen-bond acceptors (Lipinski definition) is 5. The summed E-state index contributed by atoms with van der Waals surface area (Å²) in [5.41, 5.74) is 2.19. The maximum absolute atomic E-state index is 12.1. The molecular weight excluding hydrogens is 306 g/mol. The summed E-state index contributed by atoms with van der Waals surface area (Å²) in [7, 11) is -2.30. The normalized spacial score (nSPS) is 19.4. The molecule has 0 fully saturated rings. The van der Waals surface area contributed by atoms with Crippen LogP contribution in [0, 0.1) is 5.41 Å². The Morgan fingerprint density at radius 3 is 2.55 bits per heavy atom. The molecule has 1 atom stereocenters. The number of nitrogens with one attached hydrogen (secondary N) is 2. The van der Waals surface area contributed by atoms with E-state index in [1.54, 1.807) is 18.2 Å². The minimum Gasteiger partial charge on any atom is -0.277 e. The van der Waals surface area contributed by atoms with E-state index in [9.17, 15) is 13.2 Å². The van der Waals surface area contributed by atoms with Gasteiger partial charge in [0, 0.05) is 5.56 Å². The second-order valence-electron chi connectivity index (χ2n) is 6.02. The number of aliphatic imine (C=N–C) groups is 1. The SMILES string of the molecule is CONC(=O)[C@@H](N=C1NS(=O)(=O)c2ccccc21)C(C)(C)C. The number of rotatable bonds is 3. The van der Waals surface area contributed by atoms with Crippen molar-refractivity contribution in [2.24, 2.45) is 10.4 Å². The van der Waals surface area contributed by atoms with Crippen LogP contribution in [0.25, 0.3) is 0 Å². The molecule has 1 aliphatic heterocycles. The molecule has 0 aliphatic carbocycles. The molecule has 0 bridgehead atoms. The van der Waals surface area contributed by atoms with Gasteiger partial charge in [-0.3, -0.25) is 19.3 Å². The summed E-state index contributed by atoms with van der Waals surface area (Å²) in [6.45, 7) is 5.52. The third kappa shape index (κ3) is 3.12. The second kappa shape index (κ2) is 5.69. The molecule has 1 aromatic rings. The fourth-order valence-corrected chi connectivity index (χ4v) is 3.40. The standard InChI is InChI=1S/C14H19N3O4S/c1-14(2,3)11(13(18)16-21-4)15-12-9-7-5-6-8-10(9)22(19,20)17-12/h5-8,11H,1-4H3,(H,15,17)(H,16,18)/t11-/m1/s1. The fraction of sp³-hybridized carbons (Fsp3) is 0.429. The lowest BCUT2D eigenvalue weighted by Gasteiger charge is -2.26. The van der Waals surface area contributed by atoms with Gasteiger partial charge in [-0.15, -0.1) is 0 Å². The number of amides is 1. The second-order valence-corrected chi connectivity index (χ2v) is 7.67. The van der Waals surface area contributed by atoms with E-state index in [0.717, 1.165) is 0 Å². The maximum Gasteiger partial charge on any atom is 0.268 e. The van der Waals surface area contributed by atoms with Crippen LogP contribution in [-0.4, -0.2) is 33.3 Å². The van der Waals surface area contributed by atoms with E-state index in [0.29, 0.717) is 5.56 Å². The quantitative estimate of drug-likeness (QED) is 0.804. The third-order valence-electron chi connectivity index (χ3n) is 3.19. The first-order valence-corrected chi connectivity index (χ1v) is 8.18. The summed E-state index contributed by atoms with van der Waals surface area (Å²) < 4.78 is 26.5. The zero-order chi connectivity index (χ0) is 16.5. The molecule has 2 N–H and O–H groups in total. The monoisotopic (exact) mass is 325 g/mol. The molecule has 7 nitrogen and oxygen atoms in total. The number of hydroxylamine groups is 1. The first-order valence-electron chi connectivity index (χ1n) is 6.69. The van der Waals surface area contributed by atoms with Crippen molar-refractivity contribution in [2.45, 2.75) is 31.7 Å². The predicted octanol–water partition coefficient (Wildman–Crippen LogP) is 0.817. The first kappa shape index (κ1) is 16.4. The van der Waals surface area contributed by atoms with Crippen molar-refractivity contribution in [2.75, 3.05) is 7.11 Å². The van der Waals surface area contributed by atoms with Crippen LogP contribution < -0.4 is 10.2 Å². The van der Waals surface area contributed by atoms with Crippen LogP contribution in [0.2, 0.25) is 0 Å². The van der Waals surface area contributed by atoms with Gasteiger partial charge in [-0.25, -0.2) is 13.9 Å². The number of sulfonamides is 1. The van der Waals surface area contributed by atoms with Crippen LogP contribution in [0.3, 0.4) is 0 Å². The molecule has 0 aromatic heterocycles. The molecule has 0 unspecified atom stereocenters. The van der Waals surface area contributed by atoms with Crippen molar-refractivity contribution < 1.29 is 18.0 Å². The summed E-state index contributed by atoms with van der Waals surface area (Å²) in [4.78, 5) is 21.3. The molecule has 1 heterocycles. The average Bonchev–Trinajstić information content (AvgIpc) is 2.67. The zero-order valence-electron chi connectivity index (χ0n) is 12.9. The Bertz CT molecular complexity index is 720. The summed E-state index contributed by atoms with van der Waals surface area (Å²) in [5, 5.41) is 0. The number of fused-ring (bicyclic) bond motifs is 1. The molecule has 8 heteroatoms. The number of carbonyl (C=O) groups excluding carboxylic acids is 1. The minimum atomic E-state index is -3.63. The van der Waals surface area contributed by atoms with Gasteiger partial charge in [0.05, 0.1) is 12.0 Å². The summed E-state index contributed by atoms with van der Waals surface area (Å²) in [6.07, 6.45) is 0. The van der Waals surface area contributed by atoms with Gasteiger partial charge in [0.15, 0.2) is 0 Å². The topological polar surface area (TPSA) is 96.9 Å². The molecule has 0 radical (unpaired) electrons. The van der Waals surface area contributed by atoms with Gasteiger partial charge in [0.25, 0.3) is 15.9 Å². The van der Waals surface area contributed by atoms with E-state index >= 15 is 0 Å². The lowest BCUT2D eigenvalue weighted by Crippen LogP contribution is -2.42. The zero-order valence-corrected chi connectivity index (χ0v) is 13.7. The molecule has 120 valence electrons. The number of carbonyl (C=O) groups is 1. The Morgan fingerprint density at radius 2 is 1.95 bits per heavy atom. The summed E-state index contributed by atoms with van der Waals surface area (Å²) in [6, 6.07) is 5.70. The van der Waals surface area contributed by atoms with Gasteiger partial charge >= 0.3 is 0 Å². The highest BCUT2D eigenvalue weighted by Crippen LogP contribution is 2.27. The highest BCUT2D eigenvalue weighted by atomic mass is 32.2. The smallest absolute Gasteiger partial charge is 0.268 e. The van der Waals surface area contributed by atoms with E-state index in [4.69, 9.17) is 0 Å². The Morgan fingerprint density at radius 1 is 1.32 bits per heavy atom. The van der Waals surface area contributed by atoms with Gasteiger partial charge in [0.2, 0.25) is 0 Å². The van der Waals surface area contributed by atoms with Gasteiger partial charge in [0.1, 0.15) is 11.9 Å². The molecule has 1 aromatic carbocycles. The van der Waals surface area contributed by atoms with Crippen LogP contribution >= 0.6 is 0 Å². The first-order chi connectivity index (χ1) is 10.2. The molecular formula is C14H19N3O4S. The molecule has 1 amide bonds. The fourth-order valence-electron chi connectivity index (χ4n) is 2.16. The Kier molecular flexibility index (Phi) is 4.25. The van der Waals surface area contributed by atoms with Crippen LogP contribution in [0.5, 0.6) is 0 Å². The number of amidine groups is 1. The largest absolute Gasteiger partial charge is 0.277 e. The van der Waals surface area contributed by atoms with Crippen LogP contribution in [-0.2, 0) is 19.7 Å². The van der Waals surface area contributed by atoms with Crippen molar-refractivity contribution in [3.63, 3.8) is 0 Å². The van der Waals surface area contributed by atoms with E-state index in [1.807, 2.05) is 20.8 Å². The Labute approximate surface area is 129 Å². The molecule has 2 rings (SSSR count). The number of hydrogen-bond donors (Lipinski definition) is 2. The Balaban J connectivity index is 2.49. The van der Waals surface area contributed by atoms with Crippen molar-refractivity contribution in [3.8, 4) is 0 Å². The van der Waals surface area contributed by atoms with Gasteiger partial charge < -0.3 is 0 Å². The molecule has 0 spiro atoms. The van der Waals surface area contributed by atoms with E-state index < -0.39 is 27.4 Å². The predicted molar refractivity (Wildman–Crippen MR) is 81.7 cm³/mol. The molecule has 1 aliphatic rings. The highest BCUT2D eigenvalue weighted by Gasteiger charge is 2.36. The molecule has 22 heavy (non-hydrogen) atoms. The van der Waals surface area contributed by atoms with Crippen molar-refractivity contribution in [1.29, 1.82) is 0 Å². The van der Waals surface area contributed by atoms with E-state index in [-0.39, 0.29) is 10.7 Å². The third-order valence-corrected chi connectivity index (χ3v) is 4.59. The van der Waals surface area contributed by atoms with Gasteiger partial charge in [-0.1, -0.05) is 32.9 Å². The molecule has 0 saturated heterocycles. The van der Waals surface area contributed by atoms with E-state index in [2.05, 4.69) is 20.0 Å². The van der Waals surface area contributed by atoms with Crippen molar-refractivity contribution >= 4 is 21.8 Å². The maximum atomic E-state index is 12.1. The number of nitrogens with zero attached hydrogens (tertiary/aromatic N) is 1. The minimum absolute atomic E-state index is 0.161. The number of benzene rings is 1. The highest BCUT2D eigenvalue weighted by molar-refractivity contribution is 7.90. The summed E-state index contributed by atoms with van der Waals surface area (Å²) >= 11 is 0. The van der Waals surface area contributed by atoms with Crippen molar-refractivity contribution in [1.82, 2.24) is 10.2 Å². The van der Waals surface area contributed by atoms with E-state index in [1.165, 1.54) is 13.2 Å².